The summed E-state index contributed by atoms with van der Waals surface area (Å²) in [4.78, 5) is 41.9. The molecule has 1 saturated heterocycles. The lowest BCUT2D eigenvalue weighted by Gasteiger charge is -2.35. The van der Waals surface area contributed by atoms with E-state index in [9.17, 15) is 14.4 Å². The van der Waals surface area contributed by atoms with Gasteiger partial charge in [-0.1, -0.05) is 18.2 Å². The maximum atomic E-state index is 12.7. The van der Waals surface area contributed by atoms with Crippen LogP contribution in [0.2, 0.25) is 0 Å². The Morgan fingerprint density at radius 3 is 2.38 bits per heavy atom. The Bertz CT molecular complexity index is 683. The molecule has 0 bridgehead atoms. The standard InChI is InChI=1S/C19H25N3O4/c1-2-26-19(25)21-12-10-20(11-13-21)17(23)14-18(24)22-9-5-7-15-6-3-4-8-16(15)22/h3-4,6,8H,2,5,7,9-14H2,1H3. The highest BCUT2D eigenvalue weighted by molar-refractivity contribution is 6.05. The van der Waals surface area contributed by atoms with E-state index in [4.69, 9.17) is 4.74 Å². The summed E-state index contributed by atoms with van der Waals surface area (Å²) in [6, 6.07) is 7.86. The van der Waals surface area contributed by atoms with E-state index in [1.807, 2.05) is 24.3 Å². The van der Waals surface area contributed by atoms with Gasteiger partial charge in [0, 0.05) is 38.4 Å². The van der Waals surface area contributed by atoms with Gasteiger partial charge >= 0.3 is 6.09 Å². The summed E-state index contributed by atoms with van der Waals surface area (Å²) in [6.45, 7) is 4.49. The first-order chi connectivity index (χ1) is 12.6. The molecule has 3 amide bonds. The molecule has 7 nitrogen and oxygen atoms in total. The van der Waals surface area contributed by atoms with Gasteiger partial charge in [0.05, 0.1) is 6.61 Å². The summed E-state index contributed by atoms with van der Waals surface area (Å²) < 4.78 is 4.98. The molecule has 0 saturated carbocycles. The molecule has 0 N–H and O–H groups in total. The van der Waals surface area contributed by atoms with Crippen molar-refractivity contribution >= 4 is 23.6 Å². The lowest BCUT2D eigenvalue weighted by molar-refractivity contribution is -0.136. The molecule has 0 unspecified atom stereocenters. The minimum Gasteiger partial charge on any atom is -0.450 e. The van der Waals surface area contributed by atoms with Crippen LogP contribution in [-0.4, -0.2) is 67.0 Å². The number of hydrogen-bond donors (Lipinski definition) is 0. The summed E-state index contributed by atoms with van der Waals surface area (Å²) in [5, 5.41) is 0. The number of carbonyl (C=O) groups is 3. The SMILES string of the molecule is CCOC(=O)N1CCN(C(=O)CC(=O)N2CCCc3ccccc32)CC1. The van der Waals surface area contributed by atoms with Crippen LogP contribution in [0, 0.1) is 0 Å². The Morgan fingerprint density at radius 2 is 1.65 bits per heavy atom. The molecule has 3 rings (SSSR count). The molecule has 2 heterocycles. The van der Waals surface area contributed by atoms with Crippen molar-refractivity contribution in [1.82, 2.24) is 9.80 Å². The van der Waals surface area contributed by atoms with Crippen LogP contribution in [0.1, 0.15) is 25.3 Å². The summed E-state index contributed by atoms with van der Waals surface area (Å²) in [5.74, 6) is -0.337. The number of nitrogens with zero attached hydrogens (tertiary/aromatic N) is 3. The van der Waals surface area contributed by atoms with Gasteiger partial charge in [0.2, 0.25) is 11.8 Å². The average molecular weight is 359 g/mol. The van der Waals surface area contributed by atoms with Crippen molar-refractivity contribution in [1.29, 1.82) is 0 Å². The molecule has 0 spiro atoms. The number of hydrogen-bond acceptors (Lipinski definition) is 4. The fourth-order valence-corrected chi connectivity index (χ4v) is 3.48. The highest BCUT2D eigenvalue weighted by atomic mass is 16.6. The maximum Gasteiger partial charge on any atom is 0.409 e. The Hall–Kier alpha value is -2.57. The highest BCUT2D eigenvalue weighted by Gasteiger charge is 2.28. The number of benzene rings is 1. The third-order valence-electron chi connectivity index (χ3n) is 4.87. The minimum atomic E-state index is -0.347. The Labute approximate surface area is 153 Å². The fourth-order valence-electron chi connectivity index (χ4n) is 3.48. The van der Waals surface area contributed by atoms with Crippen molar-refractivity contribution in [2.75, 3.05) is 44.2 Å². The zero-order chi connectivity index (χ0) is 18.5. The van der Waals surface area contributed by atoms with E-state index in [2.05, 4.69) is 0 Å². The summed E-state index contributed by atoms with van der Waals surface area (Å²) in [6.07, 6.45) is 1.40. The molecular weight excluding hydrogens is 334 g/mol. The molecule has 0 atom stereocenters. The molecule has 1 fully saturated rings. The van der Waals surface area contributed by atoms with Crippen LogP contribution in [0.3, 0.4) is 0 Å². The third kappa shape index (κ3) is 3.98. The van der Waals surface area contributed by atoms with Crippen LogP contribution in [0.5, 0.6) is 0 Å². The fraction of sp³-hybridized carbons (Fsp3) is 0.526. The number of ether oxygens (including phenoxy) is 1. The molecule has 0 aliphatic carbocycles. The molecule has 0 radical (unpaired) electrons. The molecule has 7 heteroatoms. The molecular formula is C19H25N3O4. The smallest absolute Gasteiger partial charge is 0.409 e. The van der Waals surface area contributed by atoms with E-state index in [1.165, 1.54) is 0 Å². The van der Waals surface area contributed by atoms with Crippen molar-refractivity contribution in [2.24, 2.45) is 0 Å². The van der Waals surface area contributed by atoms with E-state index in [0.29, 0.717) is 39.3 Å². The van der Waals surface area contributed by atoms with E-state index in [1.54, 1.807) is 21.6 Å². The van der Waals surface area contributed by atoms with Crippen LogP contribution in [0.25, 0.3) is 0 Å². The van der Waals surface area contributed by atoms with E-state index in [-0.39, 0.29) is 24.3 Å². The van der Waals surface area contributed by atoms with Crippen LogP contribution >= 0.6 is 0 Å². The maximum absolute atomic E-state index is 12.7. The largest absolute Gasteiger partial charge is 0.450 e. The van der Waals surface area contributed by atoms with Gasteiger partial charge in [-0.05, 0) is 31.4 Å². The number of anilines is 1. The molecule has 26 heavy (non-hydrogen) atoms. The minimum absolute atomic E-state index is 0.131. The second kappa shape index (κ2) is 8.21. The van der Waals surface area contributed by atoms with Crippen molar-refractivity contribution in [3.8, 4) is 0 Å². The zero-order valence-corrected chi connectivity index (χ0v) is 15.1. The molecule has 1 aromatic rings. The van der Waals surface area contributed by atoms with Gasteiger partial charge in [0.25, 0.3) is 0 Å². The van der Waals surface area contributed by atoms with E-state index < -0.39 is 0 Å². The predicted octanol–water partition coefficient (Wildman–Crippen LogP) is 1.66. The van der Waals surface area contributed by atoms with Crippen molar-refractivity contribution in [2.45, 2.75) is 26.2 Å². The number of carbonyl (C=O) groups excluding carboxylic acids is 3. The number of aryl methyl sites for hydroxylation is 1. The normalized spacial score (nSPS) is 16.9. The van der Waals surface area contributed by atoms with Gasteiger partial charge < -0.3 is 19.4 Å². The Balaban J connectivity index is 1.55. The number of fused-ring (bicyclic) bond motifs is 1. The quantitative estimate of drug-likeness (QED) is 0.770. The van der Waals surface area contributed by atoms with Gasteiger partial charge in [-0.3, -0.25) is 9.59 Å². The van der Waals surface area contributed by atoms with Crippen molar-refractivity contribution in [3.63, 3.8) is 0 Å². The summed E-state index contributed by atoms with van der Waals surface area (Å²) >= 11 is 0. The van der Waals surface area contributed by atoms with Crippen LogP contribution in [0.15, 0.2) is 24.3 Å². The topological polar surface area (TPSA) is 70.2 Å². The Kier molecular flexibility index (Phi) is 5.75. The van der Waals surface area contributed by atoms with Gasteiger partial charge in [0.1, 0.15) is 6.42 Å². The first kappa shape index (κ1) is 18.2. The number of amides is 3. The number of para-hydroxylation sites is 1. The van der Waals surface area contributed by atoms with Crippen molar-refractivity contribution in [3.05, 3.63) is 29.8 Å². The van der Waals surface area contributed by atoms with Crippen molar-refractivity contribution < 1.29 is 19.1 Å². The average Bonchev–Trinajstić information content (AvgIpc) is 2.67. The Morgan fingerprint density at radius 1 is 0.962 bits per heavy atom. The second-order valence-electron chi connectivity index (χ2n) is 6.52. The number of rotatable bonds is 3. The monoisotopic (exact) mass is 359 g/mol. The van der Waals surface area contributed by atoms with Crippen LogP contribution < -0.4 is 4.90 Å². The van der Waals surface area contributed by atoms with Crippen LogP contribution in [0.4, 0.5) is 10.5 Å². The van der Waals surface area contributed by atoms with Gasteiger partial charge in [-0.25, -0.2) is 4.79 Å². The molecule has 2 aliphatic heterocycles. The first-order valence-corrected chi connectivity index (χ1v) is 9.18. The lowest BCUT2D eigenvalue weighted by atomic mass is 10.0. The zero-order valence-electron chi connectivity index (χ0n) is 15.1. The van der Waals surface area contributed by atoms with E-state index >= 15 is 0 Å². The second-order valence-corrected chi connectivity index (χ2v) is 6.52. The summed E-state index contributed by atoms with van der Waals surface area (Å²) in [5.41, 5.74) is 2.08. The summed E-state index contributed by atoms with van der Waals surface area (Å²) in [7, 11) is 0. The third-order valence-corrected chi connectivity index (χ3v) is 4.87. The van der Waals surface area contributed by atoms with Gasteiger partial charge in [0.15, 0.2) is 0 Å². The number of piperazine rings is 1. The molecule has 2 aliphatic rings. The van der Waals surface area contributed by atoms with E-state index in [0.717, 1.165) is 24.1 Å². The lowest BCUT2D eigenvalue weighted by Crippen LogP contribution is -2.51. The first-order valence-electron chi connectivity index (χ1n) is 9.18. The predicted molar refractivity (Wildman–Crippen MR) is 96.9 cm³/mol. The molecule has 0 aromatic heterocycles. The van der Waals surface area contributed by atoms with Gasteiger partial charge in [-0.15, -0.1) is 0 Å². The highest BCUT2D eigenvalue weighted by Crippen LogP contribution is 2.27. The molecule has 140 valence electrons. The molecule has 1 aromatic carbocycles. The van der Waals surface area contributed by atoms with Crippen LogP contribution in [-0.2, 0) is 20.7 Å². The van der Waals surface area contributed by atoms with Gasteiger partial charge in [-0.2, -0.15) is 0 Å².